The van der Waals surface area contributed by atoms with Crippen molar-refractivity contribution in [3.8, 4) is 30.4 Å². The maximum Gasteiger partial charge on any atom is 0.118 e. The predicted octanol–water partition coefficient (Wildman–Crippen LogP) is 3.83. The summed E-state index contributed by atoms with van der Waals surface area (Å²) in [6.07, 6.45) is 11.4. The van der Waals surface area contributed by atoms with Crippen LogP contribution in [-0.4, -0.2) is 7.11 Å². The van der Waals surface area contributed by atoms with E-state index in [-0.39, 0.29) is 11.8 Å². The molecule has 1 heteroatoms. The summed E-state index contributed by atoms with van der Waals surface area (Å²) < 4.78 is 5.16. The Morgan fingerprint density at radius 1 is 0.800 bits per heavy atom. The van der Waals surface area contributed by atoms with Crippen LogP contribution in [-0.2, 0) is 0 Å². The minimum absolute atomic E-state index is 0.130. The fraction of sp³-hybridized carbons (Fsp3) is 0.158. The highest BCUT2D eigenvalue weighted by molar-refractivity contribution is 5.41. The summed E-state index contributed by atoms with van der Waals surface area (Å²) in [4.78, 5) is 0. The zero-order chi connectivity index (χ0) is 14.4. The summed E-state index contributed by atoms with van der Waals surface area (Å²) in [6, 6.07) is 17.7. The molecule has 0 spiro atoms. The number of rotatable bonds is 4. The zero-order valence-electron chi connectivity index (χ0n) is 11.4. The van der Waals surface area contributed by atoms with Crippen molar-refractivity contribution in [2.24, 2.45) is 0 Å². The van der Waals surface area contributed by atoms with Crippen LogP contribution in [0.15, 0.2) is 54.6 Å². The quantitative estimate of drug-likeness (QED) is 0.759. The number of benzene rings is 2. The van der Waals surface area contributed by atoms with Crippen LogP contribution < -0.4 is 4.74 Å². The number of methoxy groups -OCH3 is 1. The molecular formula is C19H16O. The lowest BCUT2D eigenvalue weighted by Gasteiger charge is -2.19. The first-order valence-corrected chi connectivity index (χ1v) is 6.41. The van der Waals surface area contributed by atoms with E-state index >= 15 is 0 Å². The van der Waals surface area contributed by atoms with Gasteiger partial charge in [-0.2, -0.15) is 0 Å². The predicted molar refractivity (Wildman–Crippen MR) is 82.6 cm³/mol. The molecule has 0 aromatic heterocycles. The van der Waals surface area contributed by atoms with Crippen LogP contribution in [0.4, 0.5) is 0 Å². The van der Waals surface area contributed by atoms with Crippen LogP contribution in [0.2, 0.25) is 0 Å². The second-order valence-corrected chi connectivity index (χ2v) is 4.47. The van der Waals surface area contributed by atoms with Gasteiger partial charge in [0.05, 0.1) is 18.9 Å². The smallest absolute Gasteiger partial charge is 0.118 e. The molecule has 1 nitrogen and oxygen atoms in total. The summed E-state index contributed by atoms with van der Waals surface area (Å²) in [6.45, 7) is 0. The molecule has 0 saturated carbocycles. The monoisotopic (exact) mass is 260 g/mol. The maximum absolute atomic E-state index is 5.71. The summed E-state index contributed by atoms with van der Waals surface area (Å²) >= 11 is 0. The summed E-state index contributed by atoms with van der Waals surface area (Å²) in [5.74, 6) is 6.18. The van der Waals surface area contributed by atoms with E-state index in [9.17, 15) is 0 Å². The Hall–Kier alpha value is -2.64. The zero-order valence-corrected chi connectivity index (χ0v) is 11.4. The SMILES string of the molecule is C#CC(c1ccccc1)C(C#C)c1ccc(OC)cc1. The first kappa shape index (κ1) is 13.8. The van der Waals surface area contributed by atoms with Gasteiger partial charge in [0.2, 0.25) is 0 Å². The third-order valence-corrected chi connectivity index (χ3v) is 3.33. The van der Waals surface area contributed by atoms with Crippen molar-refractivity contribution in [3.05, 3.63) is 65.7 Å². The summed E-state index contributed by atoms with van der Waals surface area (Å²) in [5.41, 5.74) is 2.09. The molecule has 0 aliphatic rings. The first-order valence-electron chi connectivity index (χ1n) is 6.41. The van der Waals surface area contributed by atoms with Gasteiger partial charge in [0.25, 0.3) is 0 Å². The van der Waals surface area contributed by atoms with Crippen LogP contribution in [0.25, 0.3) is 0 Å². The Morgan fingerprint density at radius 2 is 1.30 bits per heavy atom. The average molecular weight is 260 g/mol. The van der Waals surface area contributed by atoms with E-state index in [4.69, 9.17) is 17.6 Å². The number of hydrogen-bond acceptors (Lipinski definition) is 1. The third kappa shape index (κ3) is 2.85. The maximum atomic E-state index is 5.71. The van der Waals surface area contributed by atoms with Gasteiger partial charge in [0, 0.05) is 0 Å². The molecule has 2 rings (SSSR count). The second kappa shape index (κ2) is 6.50. The van der Waals surface area contributed by atoms with Gasteiger partial charge in [-0.3, -0.25) is 0 Å². The lowest BCUT2D eigenvalue weighted by Crippen LogP contribution is -2.08. The Morgan fingerprint density at radius 3 is 1.75 bits per heavy atom. The van der Waals surface area contributed by atoms with Crippen molar-refractivity contribution >= 4 is 0 Å². The molecule has 2 aromatic carbocycles. The van der Waals surface area contributed by atoms with Crippen molar-refractivity contribution in [1.29, 1.82) is 0 Å². The van der Waals surface area contributed by atoms with E-state index in [0.717, 1.165) is 16.9 Å². The largest absolute Gasteiger partial charge is 0.497 e. The van der Waals surface area contributed by atoms with Gasteiger partial charge in [0.1, 0.15) is 5.75 Å². The van der Waals surface area contributed by atoms with E-state index in [2.05, 4.69) is 11.8 Å². The Kier molecular flexibility index (Phi) is 4.48. The van der Waals surface area contributed by atoms with E-state index in [1.54, 1.807) is 7.11 Å². The molecule has 0 amide bonds. The fourth-order valence-electron chi connectivity index (χ4n) is 2.24. The van der Waals surface area contributed by atoms with Crippen molar-refractivity contribution in [1.82, 2.24) is 0 Å². The van der Waals surface area contributed by atoms with Gasteiger partial charge < -0.3 is 4.74 Å². The van der Waals surface area contributed by atoms with E-state index in [1.807, 2.05) is 54.6 Å². The van der Waals surface area contributed by atoms with Crippen LogP contribution in [0.5, 0.6) is 5.75 Å². The van der Waals surface area contributed by atoms with Crippen LogP contribution in [0.1, 0.15) is 23.0 Å². The molecule has 2 atom stereocenters. The van der Waals surface area contributed by atoms with Gasteiger partial charge in [-0.25, -0.2) is 0 Å². The minimum atomic E-state index is -0.145. The highest BCUT2D eigenvalue weighted by Gasteiger charge is 2.21. The molecule has 2 unspecified atom stereocenters. The number of hydrogen-bond donors (Lipinski definition) is 0. The first-order chi connectivity index (χ1) is 9.80. The molecule has 0 bridgehead atoms. The highest BCUT2D eigenvalue weighted by atomic mass is 16.5. The van der Waals surface area contributed by atoms with Crippen molar-refractivity contribution < 1.29 is 4.74 Å². The average Bonchev–Trinajstić information content (AvgIpc) is 2.53. The van der Waals surface area contributed by atoms with Gasteiger partial charge in [-0.15, -0.1) is 12.8 Å². The van der Waals surface area contributed by atoms with E-state index in [1.165, 1.54) is 0 Å². The molecule has 20 heavy (non-hydrogen) atoms. The molecule has 0 radical (unpaired) electrons. The van der Waals surface area contributed by atoms with E-state index < -0.39 is 0 Å². The van der Waals surface area contributed by atoms with Crippen molar-refractivity contribution in [2.45, 2.75) is 11.8 Å². The fourth-order valence-corrected chi connectivity index (χ4v) is 2.24. The van der Waals surface area contributed by atoms with Gasteiger partial charge in [0.15, 0.2) is 0 Å². The molecule has 0 aliphatic carbocycles. The number of terminal acetylenes is 2. The van der Waals surface area contributed by atoms with Gasteiger partial charge in [-0.05, 0) is 23.3 Å². The van der Waals surface area contributed by atoms with Crippen molar-refractivity contribution in [3.63, 3.8) is 0 Å². The van der Waals surface area contributed by atoms with Crippen LogP contribution in [0, 0.1) is 24.7 Å². The van der Waals surface area contributed by atoms with Crippen LogP contribution >= 0.6 is 0 Å². The molecule has 0 fully saturated rings. The molecule has 0 aliphatic heterocycles. The second-order valence-electron chi connectivity index (χ2n) is 4.47. The lowest BCUT2D eigenvalue weighted by molar-refractivity contribution is 0.414. The molecular weight excluding hydrogens is 244 g/mol. The summed E-state index contributed by atoms with van der Waals surface area (Å²) in [5, 5.41) is 0. The Labute approximate surface area is 120 Å². The molecule has 0 heterocycles. The Bertz CT molecular complexity index is 626. The normalized spacial score (nSPS) is 12.8. The number of ether oxygens (including phenoxy) is 1. The van der Waals surface area contributed by atoms with Crippen molar-refractivity contribution in [2.75, 3.05) is 7.11 Å². The van der Waals surface area contributed by atoms with Gasteiger partial charge in [-0.1, -0.05) is 54.3 Å². The minimum Gasteiger partial charge on any atom is -0.497 e. The topological polar surface area (TPSA) is 9.23 Å². The standard InChI is InChI=1S/C19H16O/c1-4-18(15-9-7-6-8-10-15)19(5-2)16-11-13-17(20-3)14-12-16/h1-2,6-14,18-19H,3H3. The summed E-state index contributed by atoms with van der Waals surface area (Å²) in [7, 11) is 1.64. The molecule has 2 aromatic rings. The van der Waals surface area contributed by atoms with E-state index in [0.29, 0.717) is 0 Å². The highest BCUT2D eigenvalue weighted by Crippen LogP contribution is 2.32. The lowest BCUT2D eigenvalue weighted by atomic mass is 9.82. The molecule has 0 N–H and O–H groups in total. The Balaban J connectivity index is 2.35. The third-order valence-electron chi connectivity index (χ3n) is 3.33. The molecule has 0 saturated heterocycles. The molecule has 98 valence electrons. The van der Waals surface area contributed by atoms with Crippen LogP contribution in [0.3, 0.4) is 0 Å². The van der Waals surface area contributed by atoms with Gasteiger partial charge >= 0.3 is 0 Å².